The number of furan rings is 2. The van der Waals surface area contributed by atoms with Gasteiger partial charge in [-0.2, -0.15) is 0 Å². The average Bonchev–Trinajstić information content (AvgIpc) is 3.83. The van der Waals surface area contributed by atoms with Gasteiger partial charge >= 0.3 is 0 Å². The molecule has 0 aliphatic rings. The third-order valence-corrected chi connectivity index (χ3v) is 12.6. The van der Waals surface area contributed by atoms with Crippen LogP contribution in [-0.2, 0) is 0 Å². The first-order chi connectivity index (χ1) is 29.2. The highest BCUT2D eigenvalue weighted by atomic mass is 16.3. The molecule has 0 saturated carbocycles. The third kappa shape index (κ3) is 5.59. The van der Waals surface area contributed by atoms with Gasteiger partial charge in [-0.1, -0.05) is 96.1 Å². The smallest absolute Gasteiger partial charge is 0.147 e. The molecule has 0 fully saturated rings. The minimum Gasteiger partial charge on any atom is -0.456 e. The molecule has 0 unspecified atom stereocenters. The highest BCUT2D eigenvalue weighted by Gasteiger charge is 2.25. The van der Waals surface area contributed by atoms with E-state index in [9.17, 15) is 0 Å². The van der Waals surface area contributed by atoms with Crippen LogP contribution in [0.3, 0.4) is 0 Å². The van der Waals surface area contributed by atoms with Crippen LogP contribution in [0.25, 0.3) is 65.4 Å². The Kier molecular flexibility index (Phi) is 8.15. The van der Waals surface area contributed by atoms with Gasteiger partial charge in [0.05, 0.1) is 16.8 Å². The van der Waals surface area contributed by atoms with Gasteiger partial charge < -0.3 is 18.6 Å². The zero-order valence-electron chi connectivity index (χ0n) is 34.7. The zero-order valence-corrected chi connectivity index (χ0v) is 34.7. The summed E-state index contributed by atoms with van der Waals surface area (Å²) in [5.74, 6) is 0. The summed E-state index contributed by atoms with van der Waals surface area (Å²) < 4.78 is 14.1. The van der Waals surface area contributed by atoms with E-state index in [-0.39, 0.29) is 0 Å². The van der Waals surface area contributed by atoms with Gasteiger partial charge in [0.15, 0.2) is 0 Å². The third-order valence-electron chi connectivity index (χ3n) is 12.6. The van der Waals surface area contributed by atoms with E-state index in [2.05, 4.69) is 209 Å². The van der Waals surface area contributed by atoms with Crippen LogP contribution in [0.1, 0.15) is 33.4 Å². The molecule has 0 bridgehead atoms. The lowest BCUT2D eigenvalue weighted by Gasteiger charge is -2.27. The molecule has 0 radical (unpaired) electrons. The summed E-state index contributed by atoms with van der Waals surface area (Å²) in [6, 6.07) is 57.2. The van der Waals surface area contributed by atoms with Gasteiger partial charge in [0, 0.05) is 61.8 Å². The molecule has 4 heteroatoms. The number of aryl methyl sites for hydroxylation is 6. The first-order valence-corrected chi connectivity index (χ1v) is 20.7. The molecule has 11 aromatic rings. The Morgan fingerprint density at radius 1 is 0.317 bits per heavy atom. The fourth-order valence-corrected chi connectivity index (χ4v) is 9.12. The van der Waals surface area contributed by atoms with E-state index in [0.29, 0.717) is 0 Å². The molecule has 0 aliphatic heterocycles. The molecule has 0 amide bonds. The summed E-state index contributed by atoms with van der Waals surface area (Å²) in [6.07, 6.45) is 0. The minimum atomic E-state index is 0.799. The SMILES string of the molecule is Cc1ccc(N(c2ccc(C)c(C)c2)c2cc3oc4c(ccc5oc6cc(N(c7ccc(C)cc7)c7ccc(C)c(C)c7)c7ccccc7c6c54)c3c3ccccc23)cc1. The number of nitrogens with zero attached hydrogens (tertiary/aromatic N) is 2. The largest absolute Gasteiger partial charge is 0.456 e. The van der Waals surface area contributed by atoms with Gasteiger partial charge in [-0.25, -0.2) is 0 Å². The summed E-state index contributed by atoms with van der Waals surface area (Å²) >= 11 is 0. The standard InChI is InChI=1S/C56H44N2O2/c1-33-15-21-39(22-16-33)57(41-25-19-35(3)37(5)29-41)48-31-51-53(45-13-9-7-11-43(45)48)47-27-28-50-55(56(47)60-51)54-46-14-10-8-12-44(46)49(32-52(54)59-50)58(40-23-17-34(2)18-24-40)42-26-20-36(4)38(6)30-42/h7-32H,1-6H3. The molecule has 0 saturated heterocycles. The summed E-state index contributed by atoms with van der Waals surface area (Å²) in [4.78, 5) is 4.73. The predicted molar refractivity (Wildman–Crippen MR) is 254 cm³/mol. The van der Waals surface area contributed by atoms with E-state index in [4.69, 9.17) is 8.83 Å². The Morgan fingerprint density at radius 3 is 1.27 bits per heavy atom. The monoisotopic (exact) mass is 776 g/mol. The van der Waals surface area contributed by atoms with Crippen molar-refractivity contribution in [3.05, 3.63) is 191 Å². The predicted octanol–water partition coefficient (Wildman–Crippen LogP) is 16.6. The van der Waals surface area contributed by atoms with Gasteiger partial charge in [0.1, 0.15) is 22.3 Å². The van der Waals surface area contributed by atoms with Crippen LogP contribution in [0.15, 0.2) is 167 Å². The van der Waals surface area contributed by atoms with Crippen LogP contribution in [-0.4, -0.2) is 0 Å². The maximum absolute atomic E-state index is 7.17. The maximum atomic E-state index is 7.17. The molecule has 0 aliphatic carbocycles. The maximum Gasteiger partial charge on any atom is 0.147 e. The van der Waals surface area contributed by atoms with Gasteiger partial charge in [-0.05, 0) is 135 Å². The number of benzene rings is 9. The van der Waals surface area contributed by atoms with Gasteiger partial charge in [0.25, 0.3) is 0 Å². The van der Waals surface area contributed by atoms with E-state index in [1.807, 2.05) is 0 Å². The second-order valence-electron chi connectivity index (χ2n) is 16.5. The average molecular weight is 777 g/mol. The molecular weight excluding hydrogens is 733 g/mol. The molecule has 4 nitrogen and oxygen atoms in total. The molecule has 0 N–H and O–H groups in total. The number of hydrogen-bond acceptors (Lipinski definition) is 4. The Hall–Kier alpha value is -7.30. The molecule has 0 spiro atoms. The van der Waals surface area contributed by atoms with E-state index in [1.54, 1.807) is 0 Å². The van der Waals surface area contributed by atoms with Crippen molar-refractivity contribution in [2.75, 3.05) is 9.80 Å². The van der Waals surface area contributed by atoms with Crippen molar-refractivity contribution in [1.29, 1.82) is 0 Å². The van der Waals surface area contributed by atoms with Crippen molar-refractivity contribution in [2.24, 2.45) is 0 Å². The molecule has 2 heterocycles. The second-order valence-corrected chi connectivity index (χ2v) is 16.5. The normalized spacial score (nSPS) is 11.8. The lowest BCUT2D eigenvalue weighted by Crippen LogP contribution is -2.11. The van der Waals surface area contributed by atoms with Crippen molar-refractivity contribution >= 4 is 99.5 Å². The van der Waals surface area contributed by atoms with Crippen LogP contribution >= 0.6 is 0 Å². The van der Waals surface area contributed by atoms with E-state index >= 15 is 0 Å². The molecule has 9 aromatic carbocycles. The van der Waals surface area contributed by atoms with Crippen molar-refractivity contribution in [1.82, 2.24) is 0 Å². The van der Waals surface area contributed by atoms with E-state index in [0.717, 1.165) is 99.5 Å². The Labute approximate surface area is 349 Å². The van der Waals surface area contributed by atoms with Crippen molar-refractivity contribution in [2.45, 2.75) is 41.5 Å². The zero-order chi connectivity index (χ0) is 40.8. The highest BCUT2D eigenvalue weighted by Crippen LogP contribution is 2.50. The van der Waals surface area contributed by atoms with Crippen molar-refractivity contribution < 1.29 is 8.83 Å². The van der Waals surface area contributed by atoms with Gasteiger partial charge in [-0.3, -0.25) is 0 Å². The number of hydrogen-bond donors (Lipinski definition) is 0. The number of anilines is 6. The molecule has 11 rings (SSSR count). The molecule has 290 valence electrons. The Bertz CT molecular complexity index is 3500. The second kappa shape index (κ2) is 13.6. The first kappa shape index (κ1) is 35.8. The Morgan fingerprint density at radius 2 is 0.767 bits per heavy atom. The van der Waals surface area contributed by atoms with E-state index < -0.39 is 0 Å². The molecule has 60 heavy (non-hydrogen) atoms. The fraction of sp³-hybridized carbons (Fsp3) is 0.107. The summed E-state index contributed by atoms with van der Waals surface area (Å²) in [6.45, 7) is 13.0. The quantitative estimate of drug-likeness (QED) is 0.168. The van der Waals surface area contributed by atoms with Crippen molar-refractivity contribution in [3.8, 4) is 0 Å². The number of fused-ring (bicyclic) bond motifs is 11. The highest BCUT2D eigenvalue weighted by molar-refractivity contribution is 6.32. The van der Waals surface area contributed by atoms with Crippen LogP contribution in [0.2, 0.25) is 0 Å². The molecule has 2 aromatic heterocycles. The van der Waals surface area contributed by atoms with Gasteiger partial charge in [-0.15, -0.1) is 0 Å². The lowest BCUT2D eigenvalue weighted by molar-refractivity contribution is 0.663. The van der Waals surface area contributed by atoms with Crippen LogP contribution in [0.5, 0.6) is 0 Å². The minimum absolute atomic E-state index is 0.799. The van der Waals surface area contributed by atoms with Crippen LogP contribution in [0, 0.1) is 41.5 Å². The van der Waals surface area contributed by atoms with Crippen molar-refractivity contribution in [3.63, 3.8) is 0 Å². The topological polar surface area (TPSA) is 32.8 Å². The molecular formula is C56H44N2O2. The summed E-state index contributed by atoms with van der Waals surface area (Å²) in [7, 11) is 0. The number of rotatable bonds is 6. The lowest BCUT2D eigenvalue weighted by atomic mass is 9.98. The summed E-state index contributed by atoms with van der Waals surface area (Å²) in [5.41, 5.74) is 17.3. The first-order valence-electron chi connectivity index (χ1n) is 20.7. The fourth-order valence-electron chi connectivity index (χ4n) is 9.12. The Balaban J connectivity index is 1.19. The van der Waals surface area contributed by atoms with Crippen LogP contribution in [0.4, 0.5) is 34.1 Å². The van der Waals surface area contributed by atoms with Gasteiger partial charge in [0.2, 0.25) is 0 Å². The molecule has 0 atom stereocenters. The van der Waals surface area contributed by atoms with E-state index in [1.165, 1.54) is 33.4 Å². The van der Waals surface area contributed by atoms with Crippen LogP contribution < -0.4 is 9.80 Å². The summed E-state index contributed by atoms with van der Waals surface area (Å²) in [5, 5.41) is 8.76.